The van der Waals surface area contributed by atoms with Gasteiger partial charge in [0, 0.05) is 47.5 Å². The fraction of sp³-hybridized carbons (Fsp3) is 0.341. The maximum atomic E-state index is 12.9. The van der Waals surface area contributed by atoms with E-state index in [4.69, 9.17) is 9.47 Å². The minimum atomic E-state index is -0.360. The third kappa shape index (κ3) is 5.75. The van der Waals surface area contributed by atoms with Gasteiger partial charge in [0.1, 0.15) is 0 Å². The van der Waals surface area contributed by atoms with Gasteiger partial charge in [-0.15, -0.1) is 0 Å². The van der Waals surface area contributed by atoms with Crippen molar-refractivity contribution in [1.29, 1.82) is 0 Å². The highest BCUT2D eigenvalue weighted by Crippen LogP contribution is 2.51. The Labute approximate surface area is 278 Å². The maximum absolute atomic E-state index is 12.9. The second-order valence-electron chi connectivity index (χ2n) is 13.4. The van der Waals surface area contributed by atoms with Crippen LogP contribution in [0.5, 0.6) is 0 Å². The Morgan fingerprint density at radius 1 is 0.766 bits per heavy atom. The first-order chi connectivity index (χ1) is 22.6. The summed E-state index contributed by atoms with van der Waals surface area (Å²) in [5.74, 6) is -0.413. The molecule has 0 saturated carbocycles. The molecule has 0 amide bonds. The van der Waals surface area contributed by atoms with E-state index in [2.05, 4.69) is 128 Å². The van der Waals surface area contributed by atoms with Crippen LogP contribution in [-0.2, 0) is 29.9 Å². The van der Waals surface area contributed by atoms with Crippen molar-refractivity contribution < 1.29 is 23.6 Å². The van der Waals surface area contributed by atoms with E-state index in [1.165, 1.54) is 44.1 Å². The SMILES string of the molecule is CCOC(=O)CCCN1/C(=C\C=C\C2=[N+](CC(=O)OCC)c3ccc4ccccc4c3C2(C)C)C(C)(C)c2c1ccc1ccccc21. The molecule has 0 saturated heterocycles. The molecule has 0 fully saturated rings. The summed E-state index contributed by atoms with van der Waals surface area (Å²) in [4.78, 5) is 27.5. The van der Waals surface area contributed by atoms with Crippen molar-refractivity contribution in [2.75, 3.05) is 31.2 Å². The lowest BCUT2D eigenvalue weighted by Crippen LogP contribution is -2.30. The van der Waals surface area contributed by atoms with Crippen molar-refractivity contribution in [3.8, 4) is 0 Å². The fourth-order valence-corrected chi connectivity index (χ4v) is 7.66. The number of allylic oxidation sites excluding steroid dienone is 4. The van der Waals surface area contributed by atoms with Gasteiger partial charge >= 0.3 is 11.9 Å². The largest absolute Gasteiger partial charge is 0.466 e. The molecular weight excluding hydrogens is 584 g/mol. The van der Waals surface area contributed by atoms with E-state index in [0.29, 0.717) is 32.6 Å². The van der Waals surface area contributed by atoms with Crippen LogP contribution < -0.4 is 4.90 Å². The van der Waals surface area contributed by atoms with Crippen molar-refractivity contribution >= 4 is 50.6 Å². The molecule has 0 unspecified atom stereocenters. The van der Waals surface area contributed by atoms with E-state index in [1.807, 2.05) is 13.8 Å². The Morgan fingerprint density at radius 2 is 1.38 bits per heavy atom. The van der Waals surface area contributed by atoms with Crippen LogP contribution >= 0.6 is 0 Å². The molecule has 47 heavy (non-hydrogen) atoms. The quantitative estimate of drug-likeness (QED) is 0.130. The summed E-state index contributed by atoms with van der Waals surface area (Å²) >= 11 is 0. The van der Waals surface area contributed by atoms with Gasteiger partial charge < -0.3 is 14.4 Å². The van der Waals surface area contributed by atoms with Gasteiger partial charge in [-0.1, -0.05) is 74.5 Å². The predicted molar refractivity (Wildman–Crippen MR) is 191 cm³/mol. The van der Waals surface area contributed by atoms with E-state index in [9.17, 15) is 9.59 Å². The highest BCUT2D eigenvalue weighted by atomic mass is 16.5. The van der Waals surface area contributed by atoms with Gasteiger partial charge in [-0.05, 0) is 79.4 Å². The van der Waals surface area contributed by atoms with Crippen LogP contribution in [0.1, 0.15) is 65.5 Å². The topological polar surface area (TPSA) is 58.8 Å². The van der Waals surface area contributed by atoms with E-state index in [1.54, 1.807) is 0 Å². The number of rotatable bonds is 10. The molecule has 0 radical (unpaired) electrons. The second-order valence-corrected chi connectivity index (χ2v) is 13.4. The zero-order valence-corrected chi connectivity index (χ0v) is 28.4. The summed E-state index contributed by atoms with van der Waals surface area (Å²) < 4.78 is 12.8. The third-order valence-electron chi connectivity index (χ3n) is 9.68. The normalized spacial score (nSPS) is 17.1. The monoisotopic (exact) mass is 629 g/mol. The Kier molecular flexibility index (Phi) is 8.80. The van der Waals surface area contributed by atoms with E-state index in [0.717, 1.165) is 11.4 Å². The number of carbonyl (C=O) groups excluding carboxylic acids is 2. The molecule has 0 aliphatic carbocycles. The highest BCUT2D eigenvalue weighted by molar-refractivity contribution is 6.08. The smallest absolute Gasteiger partial charge is 0.372 e. The average molecular weight is 630 g/mol. The summed E-state index contributed by atoms with van der Waals surface area (Å²) in [7, 11) is 0. The van der Waals surface area contributed by atoms with E-state index < -0.39 is 0 Å². The number of esters is 2. The minimum Gasteiger partial charge on any atom is -0.466 e. The van der Waals surface area contributed by atoms with E-state index >= 15 is 0 Å². The van der Waals surface area contributed by atoms with Crippen molar-refractivity contribution in [3.05, 3.63) is 108 Å². The van der Waals surface area contributed by atoms with Crippen LogP contribution in [0.2, 0.25) is 0 Å². The number of hydrogen-bond donors (Lipinski definition) is 0. The molecule has 6 rings (SSSR count). The molecule has 0 N–H and O–H groups in total. The molecule has 0 spiro atoms. The summed E-state index contributed by atoms with van der Waals surface area (Å²) in [5, 5.41) is 4.83. The zero-order valence-electron chi connectivity index (χ0n) is 28.4. The van der Waals surface area contributed by atoms with Crippen LogP contribution in [0.3, 0.4) is 0 Å². The Bertz CT molecular complexity index is 1960. The molecule has 4 aromatic rings. The number of fused-ring (bicyclic) bond motifs is 6. The van der Waals surface area contributed by atoms with Gasteiger partial charge in [-0.3, -0.25) is 4.79 Å². The third-order valence-corrected chi connectivity index (χ3v) is 9.68. The van der Waals surface area contributed by atoms with Crippen molar-refractivity contribution in [1.82, 2.24) is 0 Å². The first-order valence-electron chi connectivity index (χ1n) is 16.8. The van der Waals surface area contributed by atoms with Crippen molar-refractivity contribution in [3.63, 3.8) is 0 Å². The fourth-order valence-electron chi connectivity index (χ4n) is 7.66. The van der Waals surface area contributed by atoms with Gasteiger partial charge in [-0.25, -0.2) is 4.79 Å². The standard InChI is InChI=1S/C41H45N2O4/c1-7-46-36(44)21-14-26-42-32-24-22-28-15-9-11-17-30(28)38(32)40(3,4)34(42)19-13-20-35-41(5,6)39-31-18-12-10-16-29(31)23-25-33(39)43(35)27-37(45)47-8-2/h9-13,15-20,22-25H,7-8,14,21,26-27H2,1-6H3/q+1. The van der Waals surface area contributed by atoms with Crippen LogP contribution in [0, 0.1) is 0 Å². The van der Waals surface area contributed by atoms with Crippen LogP contribution in [0.25, 0.3) is 21.5 Å². The second kappa shape index (κ2) is 12.8. The minimum absolute atomic E-state index is 0.141. The van der Waals surface area contributed by atoms with Gasteiger partial charge in [-0.2, -0.15) is 4.58 Å². The molecule has 2 aliphatic heterocycles. The average Bonchev–Trinajstić information content (AvgIpc) is 3.40. The zero-order chi connectivity index (χ0) is 33.3. The lowest BCUT2D eigenvalue weighted by Gasteiger charge is -2.27. The van der Waals surface area contributed by atoms with Crippen LogP contribution in [-0.4, -0.2) is 48.5 Å². The maximum Gasteiger partial charge on any atom is 0.372 e. The number of nitrogens with zero attached hydrogens (tertiary/aromatic N) is 2. The van der Waals surface area contributed by atoms with Gasteiger partial charge in [0.15, 0.2) is 5.71 Å². The van der Waals surface area contributed by atoms with Gasteiger partial charge in [0.25, 0.3) is 0 Å². The Balaban J connectivity index is 1.44. The number of hydrogen-bond acceptors (Lipinski definition) is 5. The van der Waals surface area contributed by atoms with E-state index in [-0.39, 0.29) is 29.3 Å². The number of anilines is 1. The molecule has 2 heterocycles. The first-order valence-corrected chi connectivity index (χ1v) is 16.8. The highest BCUT2D eigenvalue weighted by Gasteiger charge is 2.46. The molecule has 0 atom stereocenters. The van der Waals surface area contributed by atoms with Gasteiger partial charge in [0.2, 0.25) is 12.2 Å². The summed E-state index contributed by atoms with van der Waals surface area (Å²) in [5.41, 5.74) is 6.28. The number of benzene rings is 4. The van der Waals surface area contributed by atoms with Crippen molar-refractivity contribution in [2.45, 2.75) is 65.2 Å². The summed E-state index contributed by atoms with van der Waals surface area (Å²) in [6.07, 6.45) is 7.56. The molecule has 4 aromatic carbocycles. The molecular formula is C41H45N2O4+. The summed E-state index contributed by atoms with van der Waals surface area (Å²) in [6.45, 7) is 14.3. The van der Waals surface area contributed by atoms with Gasteiger partial charge in [0.05, 0.1) is 18.6 Å². The number of carbonyl (C=O) groups is 2. The molecule has 0 bridgehead atoms. The molecule has 242 valence electrons. The Morgan fingerprint density at radius 3 is 2.06 bits per heavy atom. The molecule has 6 nitrogen and oxygen atoms in total. The number of ether oxygens (including phenoxy) is 2. The lowest BCUT2D eigenvalue weighted by molar-refractivity contribution is -0.428. The molecule has 2 aliphatic rings. The summed E-state index contributed by atoms with van der Waals surface area (Å²) in [6, 6.07) is 25.7. The molecule has 6 heteroatoms. The molecule has 0 aromatic heterocycles. The first kappa shape index (κ1) is 32.2. The van der Waals surface area contributed by atoms with Crippen LogP contribution in [0.15, 0.2) is 96.7 Å². The predicted octanol–water partition coefficient (Wildman–Crippen LogP) is 8.51. The lowest BCUT2D eigenvalue weighted by atomic mass is 9.79. The van der Waals surface area contributed by atoms with Crippen molar-refractivity contribution in [2.24, 2.45) is 0 Å². The Hall–Kier alpha value is -4.71. The van der Waals surface area contributed by atoms with Crippen LogP contribution in [0.4, 0.5) is 11.4 Å².